The monoisotopic (exact) mass is 523 g/mol. The summed E-state index contributed by atoms with van der Waals surface area (Å²) in [5, 5.41) is 2.83. The molecule has 32 heavy (non-hydrogen) atoms. The van der Waals surface area contributed by atoms with E-state index in [1.807, 2.05) is 45.0 Å². The summed E-state index contributed by atoms with van der Waals surface area (Å²) in [4.78, 5) is 27.5. The topological polar surface area (TPSA) is 86.8 Å². The summed E-state index contributed by atoms with van der Waals surface area (Å²) in [6.07, 6.45) is 1.06. The van der Waals surface area contributed by atoms with Crippen LogP contribution >= 0.6 is 15.9 Å². The van der Waals surface area contributed by atoms with Crippen molar-refractivity contribution in [1.82, 2.24) is 10.2 Å². The van der Waals surface area contributed by atoms with Gasteiger partial charge in [-0.1, -0.05) is 45.8 Å². The molecule has 2 aromatic carbocycles. The Morgan fingerprint density at radius 2 is 1.69 bits per heavy atom. The number of aryl methyl sites for hydroxylation is 1. The Bertz CT molecular complexity index is 1060. The van der Waals surface area contributed by atoms with Crippen molar-refractivity contribution in [2.45, 2.75) is 46.3 Å². The molecule has 0 bridgehead atoms. The summed E-state index contributed by atoms with van der Waals surface area (Å²) in [6, 6.07) is 13.5. The van der Waals surface area contributed by atoms with Gasteiger partial charge in [0.2, 0.25) is 21.8 Å². The third-order valence-corrected chi connectivity index (χ3v) is 6.50. The molecule has 1 atom stereocenters. The maximum absolute atomic E-state index is 13.4. The number of carbonyl (C=O) groups is 2. The Morgan fingerprint density at radius 1 is 1.06 bits per heavy atom. The predicted molar refractivity (Wildman–Crippen MR) is 131 cm³/mol. The van der Waals surface area contributed by atoms with Gasteiger partial charge in [0.15, 0.2) is 0 Å². The van der Waals surface area contributed by atoms with Crippen molar-refractivity contribution >= 4 is 43.5 Å². The molecular weight excluding hydrogens is 494 g/mol. The molecule has 0 aliphatic rings. The van der Waals surface area contributed by atoms with E-state index in [0.29, 0.717) is 5.69 Å². The van der Waals surface area contributed by atoms with E-state index in [2.05, 4.69) is 21.2 Å². The first-order valence-electron chi connectivity index (χ1n) is 10.3. The molecule has 174 valence electrons. The molecule has 1 N–H and O–H groups in total. The van der Waals surface area contributed by atoms with Gasteiger partial charge in [-0.25, -0.2) is 8.42 Å². The number of halogens is 1. The first-order valence-corrected chi connectivity index (χ1v) is 12.9. The molecule has 2 aromatic rings. The lowest BCUT2D eigenvalue weighted by Gasteiger charge is -2.32. The summed E-state index contributed by atoms with van der Waals surface area (Å²) in [7, 11) is -3.73. The van der Waals surface area contributed by atoms with E-state index < -0.39 is 28.5 Å². The van der Waals surface area contributed by atoms with Crippen LogP contribution in [0.4, 0.5) is 5.69 Å². The molecule has 0 radical (unpaired) electrons. The highest BCUT2D eigenvalue weighted by Crippen LogP contribution is 2.21. The van der Waals surface area contributed by atoms with Gasteiger partial charge >= 0.3 is 0 Å². The van der Waals surface area contributed by atoms with Gasteiger partial charge in [-0.15, -0.1) is 0 Å². The Morgan fingerprint density at radius 3 is 2.22 bits per heavy atom. The quantitative estimate of drug-likeness (QED) is 0.545. The fourth-order valence-corrected chi connectivity index (χ4v) is 4.33. The van der Waals surface area contributed by atoms with E-state index >= 15 is 0 Å². The lowest BCUT2D eigenvalue weighted by Crippen LogP contribution is -2.52. The molecule has 0 saturated heterocycles. The summed E-state index contributed by atoms with van der Waals surface area (Å²) < 4.78 is 26.8. The molecule has 2 rings (SSSR count). The lowest BCUT2D eigenvalue weighted by molar-refractivity contribution is -0.139. The van der Waals surface area contributed by atoms with Crippen LogP contribution in [0.25, 0.3) is 0 Å². The number of rotatable bonds is 9. The van der Waals surface area contributed by atoms with Crippen LogP contribution < -0.4 is 9.62 Å². The largest absolute Gasteiger partial charge is 0.352 e. The van der Waals surface area contributed by atoms with Crippen LogP contribution in [0.15, 0.2) is 53.0 Å². The number of nitrogens with zero attached hydrogens (tertiary/aromatic N) is 2. The van der Waals surface area contributed by atoms with Gasteiger partial charge in [0, 0.05) is 17.1 Å². The molecule has 9 heteroatoms. The van der Waals surface area contributed by atoms with Crippen molar-refractivity contribution in [3.63, 3.8) is 0 Å². The van der Waals surface area contributed by atoms with Gasteiger partial charge in [0.25, 0.3) is 0 Å². The molecule has 0 fully saturated rings. The smallest absolute Gasteiger partial charge is 0.244 e. The summed E-state index contributed by atoms with van der Waals surface area (Å²) in [5.74, 6) is -0.762. The number of sulfonamides is 1. The molecule has 0 aromatic heterocycles. The van der Waals surface area contributed by atoms with Gasteiger partial charge in [0.05, 0.1) is 11.9 Å². The van der Waals surface area contributed by atoms with Crippen molar-refractivity contribution in [2.75, 3.05) is 17.1 Å². The molecule has 0 unspecified atom stereocenters. The van der Waals surface area contributed by atoms with Gasteiger partial charge in [-0.3, -0.25) is 13.9 Å². The molecule has 0 spiro atoms. The van der Waals surface area contributed by atoms with E-state index in [0.717, 1.165) is 26.2 Å². The standard InChI is InChI=1S/C23H30BrN3O4S/c1-16(2)25-23(29)18(4)26(14-19-8-6-7-17(3)13-19)22(28)15-27(32(5,30)31)21-11-9-20(24)10-12-21/h6-13,16,18H,14-15H2,1-5H3,(H,25,29)/t18-/m1/s1. The first-order chi connectivity index (χ1) is 14.9. The van der Waals surface area contributed by atoms with Gasteiger partial charge < -0.3 is 10.2 Å². The Hall–Kier alpha value is -2.39. The summed E-state index contributed by atoms with van der Waals surface area (Å²) in [5.41, 5.74) is 2.26. The van der Waals surface area contributed by atoms with E-state index in [9.17, 15) is 18.0 Å². The molecule has 2 amide bonds. The van der Waals surface area contributed by atoms with E-state index in [1.54, 1.807) is 31.2 Å². The number of nitrogens with one attached hydrogen (secondary N) is 1. The fourth-order valence-electron chi connectivity index (χ4n) is 3.22. The molecule has 7 nitrogen and oxygen atoms in total. The second-order valence-corrected chi connectivity index (χ2v) is 10.9. The number of hydrogen-bond donors (Lipinski definition) is 1. The van der Waals surface area contributed by atoms with Crippen molar-refractivity contribution in [1.29, 1.82) is 0 Å². The second kappa shape index (κ2) is 11.0. The second-order valence-electron chi connectivity index (χ2n) is 8.10. The average molecular weight is 524 g/mol. The summed E-state index contributed by atoms with van der Waals surface area (Å²) >= 11 is 3.33. The van der Waals surface area contributed by atoms with Crippen LogP contribution in [0.5, 0.6) is 0 Å². The van der Waals surface area contributed by atoms with Crippen molar-refractivity contribution in [2.24, 2.45) is 0 Å². The molecule has 0 saturated carbocycles. The normalized spacial score (nSPS) is 12.3. The van der Waals surface area contributed by atoms with Crippen LogP contribution in [0.3, 0.4) is 0 Å². The van der Waals surface area contributed by atoms with Crippen LogP contribution in [0.1, 0.15) is 31.9 Å². The van der Waals surface area contributed by atoms with E-state index in [1.165, 1.54) is 4.90 Å². The third kappa shape index (κ3) is 7.34. The van der Waals surface area contributed by atoms with Gasteiger partial charge in [-0.05, 0) is 57.5 Å². The van der Waals surface area contributed by atoms with Crippen molar-refractivity contribution in [3.05, 3.63) is 64.1 Å². The zero-order chi connectivity index (χ0) is 24.1. The highest BCUT2D eigenvalue weighted by Gasteiger charge is 2.30. The lowest BCUT2D eigenvalue weighted by atomic mass is 10.1. The maximum Gasteiger partial charge on any atom is 0.244 e. The van der Waals surface area contributed by atoms with Crippen molar-refractivity contribution < 1.29 is 18.0 Å². The van der Waals surface area contributed by atoms with Crippen LogP contribution in [-0.2, 0) is 26.2 Å². The first kappa shape index (κ1) is 25.9. The van der Waals surface area contributed by atoms with E-state index in [-0.39, 0.29) is 18.5 Å². The zero-order valence-corrected chi connectivity index (χ0v) is 21.4. The molecular formula is C23H30BrN3O4S. The Kier molecular flexibility index (Phi) is 8.86. The number of amides is 2. The van der Waals surface area contributed by atoms with Crippen LogP contribution in [0, 0.1) is 6.92 Å². The van der Waals surface area contributed by atoms with Gasteiger partial charge in [-0.2, -0.15) is 0 Å². The average Bonchev–Trinajstić information content (AvgIpc) is 2.69. The predicted octanol–water partition coefficient (Wildman–Crippen LogP) is 3.47. The maximum atomic E-state index is 13.4. The highest BCUT2D eigenvalue weighted by molar-refractivity contribution is 9.10. The molecule has 0 aliphatic heterocycles. The minimum atomic E-state index is -3.73. The van der Waals surface area contributed by atoms with Crippen LogP contribution in [0.2, 0.25) is 0 Å². The third-order valence-electron chi connectivity index (χ3n) is 4.83. The number of benzene rings is 2. The zero-order valence-electron chi connectivity index (χ0n) is 19.0. The number of anilines is 1. The van der Waals surface area contributed by atoms with Gasteiger partial charge in [0.1, 0.15) is 12.6 Å². The minimum absolute atomic E-state index is 0.0869. The molecule has 0 heterocycles. The number of hydrogen-bond acceptors (Lipinski definition) is 4. The Balaban J connectivity index is 2.38. The Labute approximate surface area is 199 Å². The number of carbonyl (C=O) groups excluding carboxylic acids is 2. The fraction of sp³-hybridized carbons (Fsp3) is 0.391. The summed E-state index contributed by atoms with van der Waals surface area (Å²) in [6.45, 7) is 7.06. The SMILES string of the molecule is Cc1cccc(CN(C(=O)CN(c2ccc(Br)cc2)S(C)(=O)=O)[C@H](C)C(=O)NC(C)C)c1. The van der Waals surface area contributed by atoms with Crippen LogP contribution in [-0.4, -0.2) is 50.0 Å². The molecule has 0 aliphatic carbocycles. The van der Waals surface area contributed by atoms with Crippen molar-refractivity contribution in [3.8, 4) is 0 Å². The highest BCUT2D eigenvalue weighted by atomic mass is 79.9. The van der Waals surface area contributed by atoms with E-state index in [4.69, 9.17) is 0 Å². The minimum Gasteiger partial charge on any atom is -0.352 e.